The molecule has 0 saturated carbocycles. The fourth-order valence-electron chi connectivity index (χ4n) is 3.16. The number of hydrogen-bond donors (Lipinski definition) is 2. The zero-order valence-electron chi connectivity index (χ0n) is 16.5. The van der Waals surface area contributed by atoms with Crippen LogP contribution in [-0.2, 0) is 0 Å². The molecular weight excluding hydrogens is 556 g/mol. The molecule has 160 valence electrons. The standard InChI is InChI=1S/C20H21Br2ClN4O2S/c1-26-5-7-27(8-6-26)17-4-3-13(11-16(17)23)24-20(30)25-19(28)14-9-12(21)10-15(22)18(14)29-2/h3-4,9-11H,5-8H2,1-2H3,(H2,24,25,28,30). The number of carbonyl (C=O) groups is 1. The SMILES string of the molecule is COc1c(Br)cc(Br)cc1C(=O)NC(=S)Nc1ccc(N2CCN(C)CC2)c(Cl)c1. The van der Waals surface area contributed by atoms with Crippen molar-refractivity contribution < 1.29 is 9.53 Å². The minimum Gasteiger partial charge on any atom is -0.495 e. The third-order valence-corrected chi connectivity index (χ3v) is 6.29. The summed E-state index contributed by atoms with van der Waals surface area (Å²) in [6.45, 7) is 3.87. The molecule has 1 heterocycles. The fraction of sp³-hybridized carbons (Fsp3) is 0.300. The van der Waals surface area contributed by atoms with E-state index in [1.165, 1.54) is 7.11 Å². The third-order valence-electron chi connectivity index (χ3n) is 4.73. The number of carbonyl (C=O) groups excluding carboxylic acids is 1. The predicted molar refractivity (Wildman–Crippen MR) is 133 cm³/mol. The maximum Gasteiger partial charge on any atom is 0.261 e. The van der Waals surface area contributed by atoms with Crippen LogP contribution >= 0.6 is 55.7 Å². The molecule has 0 radical (unpaired) electrons. The summed E-state index contributed by atoms with van der Waals surface area (Å²) in [6.07, 6.45) is 0. The maximum absolute atomic E-state index is 12.7. The van der Waals surface area contributed by atoms with Gasteiger partial charge in [-0.05, 0) is 65.5 Å². The van der Waals surface area contributed by atoms with Crippen LogP contribution < -0.4 is 20.3 Å². The molecule has 1 fully saturated rings. The van der Waals surface area contributed by atoms with Crippen LogP contribution in [0.3, 0.4) is 0 Å². The summed E-state index contributed by atoms with van der Waals surface area (Å²) in [5.41, 5.74) is 2.05. The van der Waals surface area contributed by atoms with E-state index >= 15 is 0 Å². The number of ether oxygens (including phenoxy) is 1. The summed E-state index contributed by atoms with van der Waals surface area (Å²) >= 11 is 18.6. The minimum atomic E-state index is -0.383. The molecule has 0 unspecified atom stereocenters. The lowest BCUT2D eigenvalue weighted by Crippen LogP contribution is -2.44. The van der Waals surface area contributed by atoms with Gasteiger partial charge in [-0.3, -0.25) is 10.1 Å². The fourth-order valence-corrected chi connectivity index (χ4v) is 5.06. The Morgan fingerprint density at radius 2 is 1.87 bits per heavy atom. The number of likely N-dealkylation sites (N-methyl/N-ethyl adjacent to an activating group) is 1. The van der Waals surface area contributed by atoms with Crippen molar-refractivity contribution in [3.63, 3.8) is 0 Å². The van der Waals surface area contributed by atoms with Gasteiger partial charge in [-0.15, -0.1) is 0 Å². The first-order valence-electron chi connectivity index (χ1n) is 9.17. The zero-order chi connectivity index (χ0) is 21.8. The molecule has 0 spiro atoms. The Labute approximate surface area is 203 Å². The van der Waals surface area contributed by atoms with Crippen molar-refractivity contribution in [3.05, 3.63) is 49.9 Å². The average molecular weight is 577 g/mol. The van der Waals surface area contributed by atoms with Gasteiger partial charge in [0.1, 0.15) is 5.75 Å². The van der Waals surface area contributed by atoms with Crippen molar-refractivity contribution in [1.82, 2.24) is 10.2 Å². The van der Waals surface area contributed by atoms with Gasteiger partial charge in [-0.25, -0.2) is 0 Å². The number of nitrogens with zero attached hydrogens (tertiary/aromatic N) is 2. The van der Waals surface area contributed by atoms with Gasteiger partial charge in [-0.2, -0.15) is 0 Å². The number of piperazine rings is 1. The van der Waals surface area contributed by atoms with Gasteiger partial charge in [0, 0.05) is 36.3 Å². The highest BCUT2D eigenvalue weighted by Gasteiger charge is 2.19. The summed E-state index contributed by atoms with van der Waals surface area (Å²) in [5, 5.41) is 6.49. The van der Waals surface area contributed by atoms with Crippen LogP contribution in [0.5, 0.6) is 5.75 Å². The van der Waals surface area contributed by atoms with Gasteiger partial charge in [0.25, 0.3) is 5.91 Å². The van der Waals surface area contributed by atoms with E-state index in [9.17, 15) is 4.79 Å². The highest BCUT2D eigenvalue weighted by Crippen LogP contribution is 2.33. The molecule has 0 aliphatic carbocycles. The van der Waals surface area contributed by atoms with Gasteiger partial charge in [-0.1, -0.05) is 27.5 Å². The van der Waals surface area contributed by atoms with E-state index in [1.807, 2.05) is 18.2 Å². The second-order valence-electron chi connectivity index (χ2n) is 6.83. The molecule has 2 aromatic carbocycles. The molecule has 30 heavy (non-hydrogen) atoms. The monoisotopic (exact) mass is 574 g/mol. The number of anilines is 2. The molecule has 2 N–H and O–H groups in total. The van der Waals surface area contributed by atoms with Gasteiger partial charge >= 0.3 is 0 Å². The topological polar surface area (TPSA) is 56.8 Å². The number of amides is 1. The molecular formula is C20H21Br2ClN4O2S. The number of hydrogen-bond acceptors (Lipinski definition) is 5. The van der Waals surface area contributed by atoms with E-state index in [2.05, 4.69) is 59.3 Å². The van der Waals surface area contributed by atoms with E-state index in [4.69, 9.17) is 28.6 Å². The molecule has 0 atom stereocenters. The van der Waals surface area contributed by atoms with Crippen LogP contribution in [0.4, 0.5) is 11.4 Å². The van der Waals surface area contributed by atoms with E-state index < -0.39 is 0 Å². The Morgan fingerprint density at radius 3 is 2.50 bits per heavy atom. The summed E-state index contributed by atoms with van der Waals surface area (Å²) in [4.78, 5) is 17.2. The first kappa shape index (κ1) is 23.3. The van der Waals surface area contributed by atoms with Crippen molar-refractivity contribution in [1.29, 1.82) is 0 Å². The van der Waals surface area contributed by atoms with E-state index in [-0.39, 0.29) is 11.0 Å². The summed E-state index contributed by atoms with van der Waals surface area (Å²) < 4.78 is 6.73. The van der Waals surface area contributed by atoms with Crippen molar-refractivity contribution in [2.75, 3.05) is 50.6 Å². The van der Waals surface area contributed by atoms with Crippen LogP contribution in [0.1, 0.15) is 10.4 Å². The maximum atomic E-state index is 12.7. The predicted octanol–water partition coefficient (Wildman–Crippen LogP) is 4.75. The highest BCUT2D eigenvalue weighted by atomic mass is 79.9. The molecule has 0 aromatic heterocycles. The van der Waals surface area contributed by atoms with Crippen LogP contribution in [-0.4, -0.2) is 56.3 Å². The normalized spacial score (nSPS) is 14.4. The van der Waals surface area contributed by atoms with Crippen molar-refractivity contribution in [3.8, 4) is 5.75 Å². The van der Waals surface area contributed by atoms with Gasteiger partial charge < -0.3 is 19.9 Å². The summed E-state index contributed by atoms with van der Waals surface area (Å²) in [7, 11) is 3.62. The van der Waals surface area contributed by atoms with E-state index in [0.29, 0.717) is 26.5 Å². The molecule has 0 bridgehead atoms. The average Bonchev–Trinajstić information content (AvgIpc) is 2.68. The first-order valence-corrected chi connectivity index (χ1v) is 11.5. The third kappa shape index (κ3) is 5.64. The van der Waals surface area contributed by atoms with E-state index in [1.54, 1.807) is 12.1 Å². The van der Waals surface area contributed by atoms with Crippen molar-refractivity contribution >= 4 is 78.1 Å². The Bertz CT molecular complexity index is 968. The Hall–Kier alpha value is -1.39. The lowest BCUT2D eigenvalue weighted by molar-refractivity contribution is 0.0974. The molecule has 10 heteroatoms. The zero-order valence-corrected chi connectivity index (χ0v) is 21.2. The van der Waals surface area contributed by atoms with Crippen LogP contribution in [0, 0.1) is 0 Å². The van der Waals surface area contributed by atoms with Gasteiger partial charge in [0.05, 0.1) is 27.9 Å². The molecule has 6 nitrogen and oxygen atoms in total. The van der Waals surface area contributed by atoms with Gasteiger partial charge in [0.15, 0.2) is 5.11 Å². The van der Waals surface area contributed by atoms with Crippen LogP contribution in [0.2, 0.25) is 5.02 Å². The quantitative estimate of drug-likeness (QED) is 0.513. The molecule has 1 aliphatic rings. The molecule has 2 aromatic rings. The number of thiocarbonyl (C=S) groups is 1. The smallest absolute Gasteiger partial charge is 0.261 e. The Balaban J connectivity index is 1.67. The van der Waals surface area contributed by atoms with Crippen molar-refractivity contribution in [2.45, 2.75) is 0 Å². The lowest BCUT2D eigenvalue weighted by Gasteiger charge is -2.34. The number of rotatable bonds is 4. The highest BCUT2D eigenvalue weighted by molar-refractivity contribution is 9.11. The second kappa shape index (κ2) is 10.3. The van der Waals surface area contributed by atoms with E-state index in [0.717, 1.165) is 36.3 Å². The lowest BCUT2D eigenvalue weighted by atomic mass is 10.2. The number of methoxy groups -OCH3 is 1. The molecule has 1 saturated heterocycles. The number of benzene rings is 2. The molecule has 3 rings (SSSR count). The molecule has 1 amide bonds. The Morgan fingerprint density at radius 1 is 1.17 bits per heavy atom. The largest absolute Gasteiger partial charge is 0.495 e. The second-order valence-corrected chi connectivity index (χ2v) is 9.42. The summed E-state index contributed by atoms with van der Waals surface area (Å²) in [6, 6.07) is 9.15. The first-order chi connectivity index (χ1) is 14.3. The summed E-state index contributed by atoms with van der Waals surface area (Å²) in [5.74, 6) is 0.0459. The minimum absolute atomic E-state index is 0.168. The van der Waals surface area contributed by atoms with Crippen molar-refractivity contribution in [2.24, 2.45) is 0 Å². The number of halogens is 3. The number of nitrogens with one attached hydrogen (secondary N) is 2. The van der Waals surface area contributed by atoms with Gasteiger partial charge in [0.2, 0.25) is 0 Å². The molecule has 1 aliphatic heterocycles. The van der Waals surface area contributed by atoms with Crippen LogP contribution in [0.25, 0.3) is 0 Å². The van der Waals surface area contributed by atoms with Crippen LogP contribution in [0.15, 0.2) is 39.3 Å². The Kier molecular flexibility index (Phi) is 7.98.